The highest BCUT2D eigenvalue weighted by atomic mass is 35.5. The van der Waals surface area contributed by atoms with Crippen LogP contribution in [-0.2, 0) is 25.9 Å². The third-order valence-corrected chi connectivity index (χ3v) is 5.67. The predicted molar refractivity (Wildman–Crippen MR) is 106 cm³/mol. The summed E-state index contributed by atoms with van der Waals surface area (Å²) >= 11 is 5.86. The van der Waals surface area contributed by atoms with Gasteiger partial charge in [-0.2, -0.15) is 0 Å². The molecule has 28 heavy (non-hydrogen) atoms. The summed E-state index contributed by atoms with van der Waals surface area (Å²) in [5.41, 5.74) is 5.55. The van der Waals surface area contributed by atoms with Crippen LogP contribution in [0.3, 0.4) is 0 Å². The van der Waals surface area contributed by atoms with Gasteiger partial charge in [0.2, 0.25) is 5.91 Å². The Kier molecular flexibility index (Phi) is 7.17. The number of nitrogens with two attached hydrogens (primary N) is 1. The summed E-state index contributed by atoms with van der Waals surface area (Å²) in [5.74, 6) is -1.42. The van der Waals surface area contributed by atoms with Crippen molar-refractivity contribution in [1.29, 1.82) is 0 Å². The van der Waals surface area contributed by atoms with Crippen LogP contribution < -0.4 is 16.0 Å². The van der Waals surface area contributed by atoms with E-state index in [1.807, 2.05) is 13.8 Å². The molecule has 2 unspecified atom stereocenters. The quantitative estimate of drug-likeness (QED) is 0.526. The summed E-state index contributed by atoms with van der Waals surface area (Å²) in [6.45, 7) is 3.77. The maximum Gasteiger partial charge on any atom is 0.272 e. The van der Waals surface area contributed by atoms with Gasteiger partial charge in [-0.25, -0.2) is 4.21 Å². The third kappa shape index (κ3) is 5.78. The summed E-state index contributed by atoms with van der Waals surface area (Å²) in [5, 5.41) is 0.184. The minimum Gasteiger partial charge on any atom is -0.351 e. The van der Waals surface area contributed by atoms with Gasteiger partial charge in [0.05, 0.1) is 17.5 Å². The van der Waals surface area contributed by atoms with Crippen molar-refractivity contribution in [2.24, 2.45) is 16.0 Å². The first-order valence-electron chi connectivity index (χ1n) is 8.48. The van der Waals surface area contributed by atoms with Gasteiger partial charge in [0.1, 0.15) is 5.03 Å². The zero-order valence-electron chi connectivity index (χ0n) is 15.4. The monoisotopic (exact) mass is 427 g/mol. The molecule has 0 aliphatic carbocycles. The molecular formula is C17H22ClN5O4S. The van der Waals surface area contributed by atoms with Crippen LogP contribution in [0, 0.1) is 5.92 Å². The number of nitrogens with one attached hydrogen (secondary N) is 3. The Morgan fingerprint density at radius 2 is 2.07 bits per heavy atom. The van der Waals surface area contributed by atoms with E-state index < -0.39 is 33.3 Å². The van der Waals surface area contributed by atoms with Crippen molar-refractivity contribution in [2.75, 3.05) is 0 Å². The van der Waals surface area contributed by atoms with Crippen LogP contribution >= 0.6 is 11.6 Å². The second-order valence-electron chi connectivity index (χ2n) is 6.60. The Bertz CT molecular complexity index is 1040. The number of pyridine rings is 1. The highest BCUT2D eigenvalue weighted by Gasteiger charge is 2.23. The van der Waals surface area contributed by atoms with Gasteiger partial charge in [0.25, 0.3) is 11.5 Å². The molecule has 0 saturated carbocycles. The lowest BCUT2D eigenvalue weighted by Gasteiger charge is -2.13. The van der Waals surface area contributed by atoms with Gasteiger partial charge in [-0.15, -0.1) is 4.36 Å². The van der Waals surface area contributed by atoms with E-state index in [1.165, 1.54) is 24.5 Å². The lowest BCUT2D eigenvalue weighted by molar-refractivity contribution is -0.119. The van der Waals surface area contributed by atoms with Crippen molar-refractivity contribution in [3.05, 3.63) is 51.5 Å². The van der Waals surface area contributed by atoms with Gasteiger partial charge in [0.15, 0.2) is 9.92 Å². The molecule has 9 nitrogen and oxygen atoms in total. The van der Waals surface area contributed by atoms with E-state index in [1.54, 1.807) is 6.07 Å². The van der Waals surface area contributed by atoms with Gasteiger partial charge >= 0.3 is 0 Å². The van der Waals surface area contributed by atoms with Gasteiger partial charge in [0, 0.05) is 18.0 Å². The van der Waals surface area contributed by atoms with Gasteiger partial charge in [-0.1, -0.05) is 31.5 Å². The number of carbonyl (C=O) groups is 2. The lowest BCUT2D eigenvalue weighted by Crippen LogP contribution is -2.36. The zero-order chi connectivity index (χ0) is 20.9. The summed E-state index contributed by atoms with van der Waals surface area (Å²) < 4.78 is 19.3. The summed E-state index contributed by atoms with van der Waals surface area (Å²) in [6, 6.07) is 3.36. The van der Waals surface area contributed by atoms with Crippen molar-refractivity contribution in [3.63, 3.8) is 0 Å². The maximum atomic E-state index is 13.3. The van der Waals surface area contributed by atoms with Crippen LogP contribution in [-0.4, -0.2) is 32.0 Å². The van der Waals surface area contributed by atoms with E-state index in [9.17, 15) is 18.6 Å². The molecule has 0 bridgehead atoms. The average molecular weight is 428 g/mol. The van der Waals surface area contributed by atoms with E-state index in [0.717, 1.165) is 0 Å². The number of hydrogen-bond acceptors (Lipinski definition) is 5. The van der Waals surface area contributed by atoms with E-state index in [-0.39, 0.29) is 28.0 Å². The number of amides is 2. The second kappa shape index (κ2) is 9.18. The van der Waals surface area contributed by atoms with Crippen LogP contribution in [0.25, 0.3) is 0 Å². The SMILES string of the molecule is CC(C)CC(N)C(=O)N=S(=O)(NC(=O)Cc1ccc[nH]c1=O)c1cc(Cl)c[nH]1. The number of aromatic nitrogens is 2. The predicted octanol–water partition coefficient (Wildman–Crippen LogP) is 1.36. The number of hydrogen-bond donors (Lipinski definition) is 4. The van der Waals surface area contributed by atoms with E-state index >= 15 is 0 Å². The number of rotatable bonds is 7. The van der Waals surface area contributed by atoms with Crippen molar-refractivity contribution >= 4 is 33.3 Å². The molecule has 152 valence electrons. The largest absolute Gasteiger partial charge is 0.351 e. The summed E-state index contributed by atoms with van der Waals surface area (Å²) in [4.78, 5) is 41.6. The Morgan fingerprint density at radius 3 is 2.64 bits per heavy atom. The molecule has 0 radical (unpaired) electrons. The van der Waals surface area contributed by atoms with Crippen molar-refractivity contribution in [3.8, 4) is 0 Å². The van der Waals surface area contributed by atoms with Crippen molar-refractivity contribution in [1.82, 2.24) is 14.7 Å². The standard InChI is InChI=1S/C17H22ClN5O4S/c1-10(2)6-13(19)17(26)23-28(27,15-8-12(18)9-21-15)22-14(24)7-11-4-3-5-20-16(11)25/h3-5,8-10,13,21H,6-7,19H2,1-2H3,(H,20,25)(H,22,23,24,26,27). The maximum absolute atomic E-state index is 13.3. The van der Waals surface area contributed by atoms with Crippen LogP contribution in [0.4, 0.5) is 0 Å². The molecule has 0 aliphatic rings. The number of H-pyrrole nitrogens is 2. The molecule has 2 heterocycles. The molecule has 0 spiro atoms. The molecule has 0 fully saturated rings. The highest BCUT2D eigenvalue weighted by molar-refractivity contribution is 7.92. The average Bonchev–Trinajstić information content (AvgIpc) is 3.03. The first kappa shape index (κ1) is 21.9. The highest BCUT2D eigenvalue weighted by Crippen LogP contribution is 2.17. The Labute approximate surface area is 167 Å². The summed E-state index contributed by atoms with van der Waals surface area (Å²) in [6.07, 6.45) is 2.77. The first-order chi connectivity index (χ1) is 13.1. The number of nitrogens with zero attached hydrogens (tertiary/aromatic N) is 1. The van der Waals surface area contributed by atoms with E-state index in [0.29, 0.717) is 6.42 Å². The first-order valence-corrected chi connectivity index (χ1v) is 10.4. The van der Waals surface area contributed by atoms with Crippen LogP contribution in [0.1, 0.15) is 25.8 Å². The molecule has 2 amide bonds. The molecule has 0 aromatic carbocycles. The van der Waals surface area contributed by atoms with Crippen molar-refractivity contribution in [2.45, 2.75) is 37.8 Å². The van der Waals surface area contributed by atoms with Crippen LogP contribution in [0.5, 0.6) is 0 Å². The Balaban J connectivity index is 2.34. The molecular weight excluding hydrogens is 406 g/mol. The molecule has 2 aromatic rings. The van der Waals surface area contributed by atoms with Gasteiger partial charge in [-0.05, 0) is 24.5 Å². The topological polar surface area (TPSA) is 150 Å². The molecule has 0 saturated heterocycles. The fourth-order valence-corrected chi connectivity index (χ4v) is 4.15. The van der Waals surface area contributed by atoms with Gasteiger partial charge in [-0.3, -0.25) is 19.1 Å². The molecule has 2 aromatic heterocycles. The van der Waals surface area contributed by atoms with Crippen LogP contribution in [0.2, 0.25) is 5.02 Å². The smallest absolute Gasteiger partial charge is 0.272 e. The molecule has 0 aliphatic heterocycles. The fraction of sp³-hybridized carbons (Fsp3) is 0.353. The molecule has 11 heteroatoms. The number of carbonyl (C=O) groups excluding carboxylic acids is 2. The normalized spacial score (nSPS) is 14.3. The van der Waals surface area contributed by atoms with E-state index in [4.69, 9.17) is 17.3 Å². The van der Waals surface area contributed by atoms with Crippen molar-refractivity contribution < 1.29 is 13.8 Å². The Morgan fingerprint density at radius 1 is 1.36 bits per heavy atom. The van der Waals surface area contributed by atoms with E-state index in [2.05, 4.69) is 19.1 Å². The minimum atomic E-state index is -3.72. The third-order valence-electron chi connectivity index (χ3n) is 3.68. The molecule has 2 atom stereocenters. The second-order valence-corrected chi connectivity index (χ2v) is 8.91. The van der Waals surface area contributed by atoms with Crippen LogP contribution in [0.15, 0.2) is 44.8 Å². The summed E-state index contributed by atoms with van der Waals surface area (Å²) in [7, 11) is -3.72. The molecule has 5 N–H and O–H groups in total. The minimum absolute atomic E-state index is 0.0436. The zero-order valence-corrected chi connectivity index (χ0v) is 17.0. The lowest BCUT2D eigenvalue weighted by atomic mass is 10.0. The molecule has 2 rings (SSSR count). The fourth-order valence-electron chi connectivity index (χ4n) is 2.40. The number of aromatic amines is 2. The Hall–Kier alpha value is -2.43. The number of halogens is 1. The van der Waals surface area contributed by atoms with Gasteiger partial charge < -0.3 is 15.7 Å².